The Kier molecular flexibility index (Phi) is 2.60. The van der Waals surface area contributed by atoms with Gasteiger partial charge in [0, 0.05) is 12.3 Å². The summed E-state index contributed by atoms with van der Waals surface area (Å²) in [7, 11) is 0. The predicted molar refractivity (Wildman–Crippen MR) is 43.2 cm³/mol. The van der Waals surface area contributed by atoms with E-state index in [1.54, 1.807) is 18.5 Å². The lowest BCUT2D eigenvalue weighted by atomic mass is 10.4. The number of nitrogens with zero attached hydrogens (tertiary/aromatic N) is 2. The second-order valence-electron chi connectivity index (χ2n) is 1.70. The van der Waals surface area contributed by atoms with Crippen LogP contribution >= 0.6 is 0 Å². The van der Waals surface area contributed by atoms with Gasteiger partial charge in [0.15, 0.2) is 12.0 Å². The summed E-state index contributed by atoms with van der Waals surface area (Å²) in [4.78, 5) is 7.75. The van der Waals surface area contributed by atoms with E-state index in [0.29, 0.717) is 0 Å². The Morgan fingerprint density at radius 2 is 2.18 bits per heavy atom. The maximum atomic E-state index is 4.97. The smallest absolute Gasteiger partial charge is 0.182 e. The highest BCUT2D eigenvalue weighted by atomic mass is 16.3. The van der Waals surface area contributed by atoms with Gasteiger partial charge in [-0.3, -0.25) is 4.98 Å². The van der Waals surface area contributed by atoms with Gasteiger partial charge in [0.2, 0.25) is 0 Å². The molecule has 0 aliphatic heterocycles. The van der Waals surface area contributed by atoms with Gasteiger partial charge in [-0.05, 0) is 0 Å². The monoisotopic (exact) mass is 150 g/mol. The molecule has 3 nitrogen and oxygen atoms in total. The normalized spacial score (nSPS) is 8.91. The quantitative estimate of drug-likeness (QED) is 0.578. The molecular formula is C8H10N2O. The summed E-state index contributed by atoms with van der Waals surface area (Å²) in [6, 6.07) is 1.78. The number of pyridine rings is 1. The minimum atomic E-state index is 0.782. The van der Waals surface area contributed by atoms with E-state index < -0.39 is 0 Å². The highest BCUT2D eigenvalue weighted by molar-refractivity contribution is 5.69. The molecular weight excluding hydrogens is 140 g/mol. The Balaban J connectivity index is 0.000000281. The second-order valence-corrected chi connectivity index (χ2v) is 1.70. The lowest BCUT2D eigenvalue weighted by Crippen LogP contribution is -1.68. The van der Waals surface area contributed by atoms with Gasteiger partial charge in [0.1, 0.15) is 5.52 Å². The summed E-state index contributed by atoms with van der Waals surface area (Å²) in [6.45, 7) is 4.00. The molecule has 0 N–H and O–H groups in total. The molecule has 0 bridgehead atoms. The molecule has 2 aromatic heterocycles. The number of oxazole rings is 1. The zero-order valence-corrected chi connectivity index (χ0v) is 6.61. The molecule has 2 heterocycles. The van der Waals surface area contributed by atoms with E-state index in [1.165, 1.54) is 6.39 Å². The molecule has 3 heteroatoms. The third-order valence-electron chi connectivity index (χ3n) is 1.13. The summed E-state index contributed by atoms with van der Waals surface area (Å²) in [6.07, 6.45) is 4.75. The number of hydrogen-bond acceptors (Lipinski definition) is 3. The SMILES string of the molecule is CC.c1cc2ocnc2cn1. The molecule has 0 fully saturated rings. The van der Waals surface area contributed by atoms with Crippen molar-refractivity contribution in [3.63, 3.8) is 0 Å². The number of hydrogen-bond donors (Lipinski definition) is 0. The van der Waals surface area contributed by atoms with Crippen molar-refractivity contribution in [3.8, 4) is 0 Å². The Labute approximate surface area is 65.1 Å². The van der Waals surface area contributed by atoms with Crippen molar-refractivity contribution >= 4 is 11.1 Å². The molecule has 2 rings (SSSR count). The molecule has 58 valence electrons. The van der Waals surface area contributed by atoms with Crippen LogP contribution in [0.2, 0.25) is 0 Å². The maximum Gasteiger partial charge on any atom is 0.182 e. The molecule has 0 spiro atoms. The topological polar surface area (TPSA) is 38.9 Å². The Morgan fingerprint density at radius 3 is 2.91 bits per heavy atom. The third-order valence-corrected chi connectivity index (χ3v) is 1.13. The van der Waals surface area contributed by atoms with Crippen LogP contribution in [0.4, 0.5) is 0 Å². The zero-order valence-electron chi connectivity index (χ0n) is 6.61. The van der Waals surface area contributed by atoms with Crippen molar-refractivity contribution in [2.45, 2.75) is 13.8 Å². The summed E-state index contributed by atoms with van der Waals surface area (Å²) in [5.74, 6) is 0. The van der Waals surface area contributed by atoms with E-state index in [9.17, 15) is 0 Å². The van der Waals surface area contributed by atoms with Crippen molar-refractivity contribution in [2.24, 2.45) is 0 Å². The minimum Gasteiger partial charge on any atom is -0.443 e. The molecule has 0 unspecified atom stereocenters. The lowest BCUT2D eigenvalue weighted by Gasteiger charge is -1.79. The van der Waals surface area contributed by atoms with Gasteiger partial charge in [0.25, 0.3) is 0 Å². The first kappa shape index (κ1) is 7.72. The van der Waals surface area contributed by atoms with Crippen molar-refractivity contribution in [1.82, 2.24) is 9.97 Å². The molecule has 0 aromatic carbocycles. The van der Waals surface area contributed by atoms with Crippen LogP contribution in [0.1, 0.15) is 13.8 Å². The van der Waals surface area contributed by atoms with Gasteiger partial charge in [0.05, 0.1) is 6.20 Å². The molecule has 0 amide bonds. The van der Waals surface area contributed by atoms with Gasteiger partial charge in [-0.25, -0.2) is 4.98 Å². The van der Waals surface area contributed by atoms with Crippen molar-refractivity contribution in [1.29, 1.82) is 0 Å². The van der Waals surface area contributed by atoms with Crippen molar-refractivity contribution in [3.05, 3.63) is 24.9 Å². The summed E-state index contributed by atoms with van der Waals surface area (Å²) in [5.41, 5.74) is 1.59. The van der Waals surface area contributed by atoms with Crippen molar-refractivity contribution < 1.29 is 4.42 Å². The summed E-state index contributed by atoms with van der Waals surface area (Å²) >= 11 is 0. The van der Waals surface area contributed by atoms with E-state index >= 15 is 0 Å². The van der Waals surface area contributed by atoms with Gasteiger partial charge >= 0.3 is 0 Å². The van der Waals surface area contributed by atoms with E-state index in [2.05, 4.69) is 9.97 Å². The van der Waals surface area contributed by atoms with Crippen molar-refractivity contribution in [2.75, 3.05) is 0 Å². The first-order valence-electron chi connectivity index (χ1n) is 3.60. The average Bonchev–Trinajstić information content (AvgIpc) is 2.55. The molecule has 2 aromatic rings. The molecule has 0 aliphatic carbocycles. The van der Waals surface area contributed by atoms with Gasteiger partial charge in [-0.2, -0.15) is 0 Å². The standard InChI is InChI=1S/C6H4N2O.C2H6/c1-2-7-3-5-6(1)9-4-8-5;1-2/h1-4H;1-2H3. The van der Waals surface area contributed by atoms with E-state index in [-0.39, 0.29) is 0 Å². The van der Waals surface area contributed by atoms with Crippen LogP contribution in [0.25, 0.3) is 11.1 Å². The summed E-state index contributed by atoms with van der Waals surface area (Å²) < 4.78 is 4.97. The zero-order chi connectivity index (χ0) is 8.10. The molecule has 0 aliphatic rings. The Hall–Kier alpha value is -1.38. The molecule has 11 heavy (non-hydrogen) atoms. The van der Waals surface area contributed by atoms with Gasteiger partial charge in [-0.1, -0.05) is 13.8 Å². The van der Waals surface area contributed by atoms with E-state index in [0.717, 1.165) is 11.1 Å². The van der Waals surface area contributed by atoms with Gasteiger partial charge in [-0.15, -0.1) is 0 Å². The van der Waals surface area contributed by atoms with Crippen LogP contribution in [0.3, 0.4) is 0 Å². The van der Waals surface area contributed by atoms with Crippen LogP contribution in [0, 0.1) is 0 Å². The first-order valence-corrected chi connectivity index (χ1v) is 3.60. The highest BCUT2D eigenvalue weighted by Gasteiger charge is 1.92. The first-order chi connectivity index (χ1) is 5.47. The molecule has 0 saturated heterocycles. The van der Waals surface area contributed by atoms with E-state index in [1.807, 2.05) is 13.8 Å². The Bertz CT molecular complexity index is 286. The molecule has 0 radical (unpaired) electrons. The van der Waals surface area contributed by atoms with Crippen LogP contribution in [0.15, 0.2) is 29.3 Å². The Morgan fingerprint density at radius 1 is 1.36 bits per heavy atom. The third kappa shape index (κ3) is 1.55. The molecule has 0 saturated carbocycles. The van der Waals surface area contributed by atoms with Crippen LogP contribution in [-0.2, 0) is 0 Å². The largest absolute Gasteiger partial charge is 0.443 e. The number of aromatic nitrogens is 2. The fraction of sp³-hybridized carbons (Fsp3) is 0.250. The fourth-order valence-electron chi connectivity index (χ4n) is 0.710. The lowest BCUT2D eigenvalue weighted by molar-refractivity contribution is 0.602. The molecule has 0 atom stereocenters. The average molecular weight is 150 g/mol. The number of fused-ring (bicyclic) bond motifs is 1. The number of rotatable bonds is 0. The van der Waals surface area contributed by atoms with Crippen LogP contribution in [-0.4, -0.2) is 9.97 Å². The minimum absolute atomic E-state index is 0.782. The fourth-order valence-corrected chi connectivity index (χ4v) is 0.710. The van der Waals surface area contributed by atoms with Crippen LogP contribution < -0.4 is 0 Å². The van der Waals surface area contributed by atoms with Crippen LogP contribution in [0.5, 0.6) is 0 Å². The highest BCUT2D eigenvalue weighted by Crippen LogP contribution is 2.07. The maximum absolute atomic E-state index is 4.97. The summed E-state index contributed by atoms with van der Waals surface area (Å²) in [5, 5.41) is 0. The second kappa shape index (κ2) is 3.71. The van der Waals surface area contributed by atoms with Gasteiger partial charge < -0.3 is 4.42 Å². The van der Waals surface area contributed by atoms with E-state index in [4.69, 9.17) is 4.42 Å². The predicted octanol–water partition coefficient (Wildman–Crippen LogP) is 2.25.